The van der Waals surface area contributed by atoms with E-state index in [0.717, 1.165) is 23.5 Å². The van der Waals surface area contributed by atoms with Gasteiger partial charge >= 0.3 is 0 Å². The van der Waals surface area contributed by atoms with Gasteiger partial charge in [-0.3, -0.25) is 0 Å². The van der Waals surface area contributed by atoms with Crippen LogP contribution in [0.4, 0.5) is 23.1 Å². The van der Waals surface area contributed by atoms with Gasteiger partial charge in [0.2, 0.25) is 5.95 Å². The molecule has 0 fully saturated rings. The van der Waals surface area contributed by atoms with Gasteiger partial charge in [-0.25, -0.2) is 0 Å². The molecule has 6 nitrogen and oxygen atoms in total. The molecular formula is C18H19N5O. The third-order valence-corrected chi connectivity index (χ3v) is 3.52. The fraction of sp³-hybridized carbons (Fsp3) is 0.167. The molecule has 2 N–H and O–H groups in total. The first-order chi connectivity index (χ1) is 11.8. The van der Waals surface area contributed by atoms with Gasteiger partial charge in [0.1, 0.15) is 5.75 Å². The van der Waals surface area contributed by atoms with E-state index >= 15 is 0 Å². The van der Waals surface area contributed by atoms with Crippen molar-refractivity contribution in [3.05, 3.63) is 60.3 Å². The standard InChI is InChI=1S/C18H19N5O/c1-3-13-7-9-14(10-8-13)20-17-12-19-23-18(22-17)21-15-5-4-6-16(11-15)24-2/h4-12H,3H2,1-2H3,(H2,20,21,22,23). The van der Waals surface area contributed by atoms with E-state index in [1.807, 2.05) is 36.4 Å². The van der Waals surface area contributed by atoms with Gasteiger partial charge in [0.25, 0.3) is 0 Å². The number of aryl methyl sites for hydroxylation is 1. The molecule has 3 aromatic rings. The lowest BCUT2D eigenvalue weighted by molar-refractivity contribution is 0.415. The molecule has 0 saturated heterocycles. The number of hydrogen-bond donors (Lipinski definition) is 2. The molecule has 0 aliphatic carbocycles. The molecule has 0 spiro atoms. The number of benzene rings is 2. The summed E-state index contributed by atoms with van der Waals surface area (Å²) in [5, 5.41) is 14.3. The highest BCUT2D eigenvalue weighted by Crippen LogP contribution is 2.20. The van der Waals surface area contributed by atoms with Gasteiger partial charge in [0.15, 0.2) is 5.82 Å². The van der Waals surface area contributed by atoms with Crippen molar-refractivity contribution in [3.63, 3.8) is 0 Å². The zero-order chi connectivity index (χ0) is 16.8. The SMILES string of the molecule is CCc1ccc(Nc2cnnc(Nc3cccc(OC)c3)n2)cc1. The minimum Gasteiger partial charge on any atom is -0.497 e. The Morgan fingerprint density at radius 1 is 1.00 bits per heavy atom. The second-order valence-electron chi connectivity index (χ2n) is 5.20. The van der Waals surface area contributed by atoms with Gasteiger partial charge in [-0.1, -0.05) is 25.1 Å². The molecule has 0 radical (unpaired) electrons. The van der Waals surface area contributed by atoms with Gasteiger partial charge in [0.05, 0.1) is 13.3 Å². The number of nitrogens with one attached hydrogen (secondary N) is 2. The lowest BCUT2D eigenvalue weighted by Crippen LogP contribution is -2.02. The maximum atomic E-state index is 5.21. The molecular weight excluding hydrogens is 302 g/mol. The number of hydrogen-bond acceptors (Lipinski definition) is 6. The summed E-state index contributed by atoms with van der Waals surface area (Å²) in [5.74, 6) is 1.80. The maximum Gasteiger partial charge on any atom is 0.249 e. The van der Waals surface area contributed by atoms with Gasteiger partial charge in [0, 0.05) is 17.4 Å². The average Bonchev–Trinajstić information content (AvgIpc) is 2.63. The highest BCUT2D eigenvalue weighted by molar-refractivity contribution is 5.59. The molecule has 6 heteroatoms. The lowest BCUT2D eigenvalue weighted by Gasteiger charge is -2.09. The number of ether oxygens (including phenoxy) is 1. The van der Waals surface area contributed by atoms with Crippen LogP contribution < -0.4 is 15.4 Å². The molecule has 24 heavy (non-hydrogen) atoms. The molecule has 0 atom stereocenters. The first-order valence-corrected chi connectivity index (χ1v) is 7.73. The van der Waals surface area contributed by atoms with Crippen LogP contribution in [0.25, 0.3) is 0 Å². The molecule has 0 aliphatic rings. The van der Waals surface area contributed by atoms with Crippen molar-refractivity contribution in [3.8, 4) is 5.75 Å². The molecule has 2 aromatic carbocycles. The Bertz CT molecular complexity index is 805. The smallest absolute Gasteiger partial charge is 0.249 e. The Morgan fingerprint density at radius 3 is 2.58 bits per heavy atom. The summed E-state index contributed by atoms with van der Waals surface area (Å²) in [7, 11) is 1.63. The van der Waals surface area contributed by atoms with Crippen LogP contribution in [0.15, 0.2) is 54.7 Å². The summed E-state index contributed by atoms with van der Waals surface area (Å²) in [6, 6.07) is 15.8. The van der Waals surface area contributed by atoms with Crippen molar-refractivity contribution in [1.29, 1.82) is 0 Å². The minimum absolute atomic E-state index is 0.415. The normalized spacial score (nSPS) is 10.2. The predicted octanol–water partition coefficient (Wildman–Crippen LogP) is 3.93. The van der Waals surface area contributed by atoms with Crippen molar-refractivity contribution >= 4 is 23.1 Å². The predicted molar refractivity (Wildman–Crippen MR) is 95.2 cm³/mol. The third-order valence-electron chi connectivity index (χ3n) is 3.52. The summed E-state index contributed by atoms with van der Waals surface area (Å²) in [6.45, 7) is 2.13. The fourth-order valence-corrected chi connectivity index (χ4v) is 2.22. The summed E-state index contributed by atoms with van der Waals surface area (Å²) in [4.78, 5) is 4.42. The van der Waals surface area contributed by atoms with Crippen LogP contribution in [-0.2, 0) is 6.42 Å². The van der Waals surface area contributed by atoms with Crippen LogP contribution in [-0.4, -0.2) is 22.3 Å². The topological polar surface area (TPSA) is 72.0 Å². The van der Waals surface area contributed by atoms with Crippen LogP contribution in [0, 0.1) is 0 Å². The second-order valence-corrected chi connectivity index (χ2v) is 5.20. The Kier molecular flexibility index (Phi) is 4.86. The van der Waals surface area contributed by atoms with Crippen molar-refractivity contribution in [2.75, 3.05) is 17.7 Å². The fourth-order valence-electron chi connectivity index (χ4n) is 2.22. The number of rotatable bonds is 6. The highest BCUT2D eigenvalue weighted by atomic mass is 16.5. The number of anilines is 4. The maximum absolute atomic E-state index is 5.21. The Morgan fingerprint density at radius 2 is 1.83 bits per heavy atom. The molecule has 3 rings (SSSR count). The number of nitrogens with zero attached hydrogens (tertiary/aromatic N) is 3. The van der Waals surface area contributed by atoms with Gasteiger partial charge in [-0.05, 0) is 36.2 Å². The monoisotopic (exact) mass is 321 g/mol. The van der Waals surface area contributed by atoms with Crippen LogP contribution in [0.5, 0.6) is 5.75 Å². The van der Waals surface area contributed by atoms with Crippen molar-refractivity contribution in [2.24, 2.45) is 0 Å². The Balaban J connectivity index is 1.73. The van der Waals surface area contributed by atoms with Crippen molar-refractivity contribution in [2.45, 2.75) is 13.3 Å². The number of methoxy groups -OCH3 is 1. The first-order valence-electron chi connectivity index (χ1n) is 7.73. The summed E-state index contributed by atoms with van der Waals surface area (Å²) >= 11 is 0. The zero-order valence-corrected chi connectivity index (χ0v) is 13.7. The van der Waals surface area contributed by atoms with E-state index in [2.05, 4.69) is 44.9 Å². The third kappa shape index (κ3) is 3.98. The summed E-state index contributed by atoms with van der Waals surface area (Å²) in [5.41, 5.74) is 3.09. The largest absolute Gasteiger partial charge is 0.497 e. The summed E-state index contributed by atoms with van der Waals surface area (Å²) in [6.07, 6.45) is 2.61. The molecule has 1 aromatic heterocycles. The molecule has 122 valence electrons. The van der Waals surface area contributed by atoms with Crippen LogP contribution >= 0.6 is 0 Å². The lowest BCUT2D eigenvalue weighted by atomic mass is 10.1. The molecule has 0 bridgehead atoms. The number of aromatic nitrogens is 3. The van der Waals surface area contributed by atoms with E-state index < -0.39 is 0 Å². The second kappa shape index (κ2) is 7.41. The van der Waals surface area contributed by atoms with Crippen molar-refractivity contribution < 1.29 is 4.74 Å². The molecule has 0 amide bonds. The molecule has 1 heterocycles. The highest BCUT2D eigenvalue weighted by Gasteiger charge is 2.03. The van der Waals surface area contributed by atoms with E-state index in [-0.39, 0.29) is 0 Å². The molecule has 0 saturated carbocycles. The first kappa shape index (κ1) is 15.7. The minimum atomic E-state index is 0.415. The summed E-state index contributed by atoms with van der Waals surface area (Å²) < 4.78 is 5.21. The van der Waals surface area contributed by atoms with Crippen LogP contribution in [0.3, 0.4) is 0 Å². The van der Waals surface area contributed by atoms with E-state index in [1.165, 1.54) is 5.56 Å². The van der Waals surface area contributed by atoms with E-state index in [1.54, 1.807) is 13.3 Å². The van der Waals surface area contributed by atoms with Crippen molar-refractivity contribution in [1.82, 2.24) is 15.2 Å². The van der Waals surface area contributed by atoms with Gasteiger partial charge in [-0.15, -0.1) is 5.10 Å². The van der Waals surface area contributed by atoms with Gasteiger partial charge < -0.3 is 15.4 Å². The molecule has 0 unspecified atom stereocenters. The Hall–Kier alpha value is -3.15. The van der Waals surface area contributed by atoms with Gasteiger partial charge in [-0.2, -0.15) is 10.1 Å². The zero-order valence-electron chi connectivity index (χ0n) is 13.7. The molecule has 0 aliphatic heterocycles. The van der Waals surface area contributed by atoms with Crippen LogP contribution in [0.1, 0.15) is 12.5 Å². The average molecular weight is 321 g/mol. The Labute approximate surface area is 140 Å². The van der Waals surface area contributed by atoms with Crippen LogP contribution in [0.2, 0.25) is 0 Å². The quantitative estimate of drug-likeness (QED) is 0.717. The van der Waals surface area contributed by atoms with E-state index in [0.29, 0.717) is 11.8 Å². The van der Waals surface area contributed by atoms with E-state index in [4.69, 9.17) is 4.74 Å². The van der Waals surface area contributed by atoms with E-state index in [9.17, 15) is 0 Å².